The normalized spacial score (nSPS) is 18.2. The van der Waals surface area contributed by atoms with Crippen LogP contribution in [0.5, 0.6) is 11.5 Å². The van der Waals surface area contributed by atoms with Crippen LogP contribution in [0.15, 0.2) is 18.2 Å². The molecule has 3 N–H and O–H groups in total. The second-order valence-corrected chi connectivity index (χ2v) is 7.77. The van der Waals surface area contributed by atoms with Crippen molar-refractivity contribution in [3.8, 4) is 11.5 Å². The van der Waals surface area contributed by atoms with Crippen molar-refractivity contribution >= 4 is 27.5 Å². The predicted octanol–water partition coefficient (Wildman–Crippen LogP) is 0.129. The molecule has 25 heavy (non-hydrogen) atoms. The van der Waals surface area contributed by atoms with E-state index in [1.54, 1.807) is 18.2 Å². The molecule has 10 heteroatoms. The molecule has 0 radical (unpaired) electrons. The average molecular weight is 371 g/mol. The van der Waals surface area contributed by atoms with Crippen molar-refractivity contribution in [3.63, 3.8) is 0 Å². The van der Waals surface area contributed by atoms with Gasteiger partial charge in [-0.25, -0.2) is 13.2 Å². The first kappa shape index (κ1) is 18.8. The molecule has 0 aromatic heterocycles. The molecule has 0 aliphatic carbocycles. The Morgan fingerprint density at radius 3 is 2.60 bits per heavy atom. The highest BCUT2D eigenvalue weighted by Gasteiger charge is 2.28. The molecule has 0 spiro atoms. The van der Waals surface area contributed by atoms with Crippen LogP contribution >= 0.6 is 0 Å². The molecular formula is C15H21N3O6S. The number of benzene rings is 1. The van der Waals surface area contributed by atoms with E-state index in [0.29, 0.717) is 23.6 Å². The fraction of sp³-hybridized carbons (Fsp3) is 0.467. The molecule has 1 heterocycles. The van der Waals surface area contributed by atoms with Crippen molar-refractivity contribution in [2.75, 3.05) is 37.6 Å². The fourth-order valence-electron chi connectivity index (χ4n) is 2.40. The van der Waals surface area contributed by atoms with Gasteiger partial charge in [-0.2, -0.15) is 0 Å². The maximum Gasteiger partial charge on any atom is 0.315 e. The number of hydrogen-bond acceptors (Lipinski definition) is 6. The van der Waals surface area contributed by atoms with E-state index in [1.807, 2.05) is 0 Å². The third kappa shape index (κ3) is 5.52. The standard InChI is InChI=1S/C15H21N3O6S/c1-23-11-3-4-12(13(7-11)24-2)18-14(19)8-16-15(20)17-10-5-6-25(21,22)9-10/h3-4,7,10H,5-6,8-9H2,1-2H3,(H,18,19)(H2,16,17,20)/t10-/m0/s1. The molecule has 138 valence electrons. The largest absolute Gasteiger partial charge is 0.497 e. The zero-order valence-electron chi connectivity index (χ0n) is 14.0. The minimum Gasteiger partial charge on any atom is -0.497 e. The average Bonchev–Trinajstić information content (AvgIpc) is 2.91. The highest BCUT2D eigenvalue weighted by molar-refractivity contribution is 7.91. The zero-order valence-corrected chi connectivity index (χ0v) is 14.8. The van der Waals surface area contributed by atoms with Crippen LogP contribution in [0, 0.1) is 0 Å². The van der Waals surface area contributed by atoms with Crippen LogP contribution in [-0.2, 0) is 14.6 Å². The SMILES string of the molecule is COc1ccc(NC(=O)CNC(=O)N[C@H]2CCS(=O)(=O)C2)c(OC)c1. The van der Waals surface area contributed by atoms with Gasteiger partial charge < -0.3 is 25.4 Å². The first-order valence-electron chi connectivity index (χ1n) is 7.59. The number of carbonyl (C=O) groups is 2. The Balaban J connectivity index is 1.81. The Hall–Kier alpha value is -2.49. The number of anilines is 1. The van der Waals surface area contributed by atoms with E-state index in [9.17, 15) is 18.0 Å². The third-order valence-corrected chi connectivity index (χ3v) is 5.43. The van der Waals surface area contributed by atoms with E-state index in [0.717, 1.165) is 0 Å². The molecule has 1 atom stereocenters. The highest BCUT2D eigenvalue weighted by Crippen LogP contribution is 2.28. The van der Waals surface area contributed by atoms with Crippen LogP contribution in [0.1, 0.15) is 6.42 Å². The van der Waals surface area contributed by atoms with Gasteiger partial charge in [0.1, 0.15) is 11.5 Å². The summed E-state index contributed by atoms with van der Waals surface area (Å²) in [5, 5.41) is 7.55. The van der Waals surface area contributed by atoms with Crippen LogP contribution in [0.4, 0.5) is 10.5 Å². The Kier molecular flexibility index (Phi) is 6.07. The van der Waals surface area contributed by atoms with E-state index >= 15 is 0 Å². The minimum atomic E-state index is -3.07. The molecule has 1 fully saturated rings. The van der Waals surface area contributed by atoms with Crippen molar-refractivity contribution in [3.05, 3.63) is 18.2 Å². The molecule has 0 unspecified atom stereocenters. The topological polar surface area (TPSA) is 123 Å². The van der Waals surface area contributed by atoms with Crippen molar-refractivity contribution in [1.29, 1.82) is 0 Å². The lowest BCUT2D eigenvalue weighted by molar-refractivity contribution is -0.115. The number of ether oxygens (including phenoxy) is 2. The summed E-state index contributed by atoms with van der Waals surface area (Å²) in [7, 11) is -0.0894. The van der Waals surface area contributed by atoms with Gasteiger partial charge in [0.05, 0.1) is 38.0 Å². The quantitative estimate of drug-likeness (QED) is 0.653. The second-order valence-electron chi connectivity index (χ2n) is 5.54. The minimum absolute atomic E-state index is 0.0652. The first-order chi connectivity index (χ1) is 11.8. The molecule has 0 bridgehead atoms. The second kappa shape index (κ2) is 8.06. The maximum absolute atomic E-state index is 11.9. The van der Waals surface area contributed by atoms with Crippen LogP contribution in [-0.4, -0.2) is 58.7 Å². The van der Waals surface area contributed by atoms with Crippen LogP contribution in [0.25, 0.3) is 0 Å². The number of nitrogens with one attached hydrogen (secondary N) is 3. The molecular weight excluding hydrogens is 350 g/mol. The highest BCUT2D eigenvalue weighted by atomic mass is 32.2. The number of urea groups is 1. The van der Waals surface area contributed by atoms with E-state index in [4.69, 9.17) is 9.47 Å². The van der Waals surface area contributed by atoms with Gasteiger partial charge in [-0.15, -0.1) is 0 Å². The van der Waals surface area contributed by atoms with E-state index in [-0.39, 0.29) is 18.1 Å². The van der Waals surface area contributed by atoms with Gasteiger partial charge in [-0.1, -0.05) is 0 Å². The Morgan fingerprint density at radius 1 is 1.24 bits per heavy atom. The fourth-order valence-corrected chi connectivity index (χ4v) is 4.08. The maximum atomic E-state index is 11.9. The van der Waals surface area contributed by atoms with Gasteiger partial charge in [0, 0.05) is 12.1 Å². The molecule has 1 aliphatic heterocycles. The molecule has 0 saturated carbocycles. The summed E-state index contributed by atoms with van der Waals surface area (Å²) in [5.74, 6) is 0.551. The summed E-state index contributed by atoms with van der Waals surface area (Å²) >= 11 is 0. The monoisotopic (exact) mass is 371 g/mol. The lowest BCUT2D eigenvalue weighted by Crippen LogP contribution is -2.45. The summed E-state index contributed by atoms with van der Waals surface area (Å²) in [5.41, 5.74) is 0.442. The van der Waals surface area contributed by atoms with Gasteiger partial charge in [0.25, 0.3) is 0 Å². The summed E-state index contributed by atoms with van der Waals surface area (Å²) in [6.07, 6.45) is 0.380. The molecule has 1 aromatic rings. The van der Waals surface area contributed by atoms with Crippen molar-refractivity contribution in [2.45, 2.75) is 12.5 Å². The molecule has 9 nitrogen and oxygen atoms in total. The Labute approximate surface area is 146 Å². The van der Waals surface area contributed by atoms with Crippen molar-refractivity contribution in [2.24, 2.45) is 0 Å². The number of carbonyl (C=O) groups excluding carboxylic acids is 2. The van der Waals surface area contributed by atoms with Gasteiger partial charge in [0.15, 0.2) is 9.84 Å². The van der Waals surface area contributed by atoms with Crippen LogP contribution in [0.2, 0.25) is 0 Å². The number of sulfone groups is 1. The lowest BCUT2D eigenvalue weighted by atomic mass is 10.2. The van der Waals surface area contributed by atoms with Crippen LogP contribution in [0.3, 0.4) is 0 Å². The number of amides is 3. The summed E-state index contributed by atoms with van der Waals surface area (Å²) in [4.78, 5) is 23.7. The van der Waals surface area contributed by atoms with E-state index in [2.05, 4.69) is 16.0 Å². The predicted molar refractivity (Wildman–Crippen MR) is 91.8 cm³/mol. The summed E-state index contributed by atoms with van der Waals surface area (Å²) in [6, 6.07) is 3.90. The van der Waals surface area contributed by atoms with Gasteiger partial charge >= 0.3 is 6.03 Å². The lowest BCUT2D eigenvalue weighted by Gasteiger charge is -2.13. The smallest absolute Gasteiger partial charge is 0.315 e. The molecule has 3 amide bonds. The van der Waals surface area contributed by atoms with Crippen molar-refractivity contribution in [1.82, 2.24) is 10.6 Å². The van der Waals surface area contributed by atoms with Crippen LogP contribution < -0.4 is 25.4 Å². The number of rotatable bonds is 6. The Bertz CT molecular complexity index is 750. The van der Waals surface area contributed by atoms with E-state index < -0.39 is 27.8 Å². The Morgan fingerprint density at radius 2 is 2.00 bits per heavy atom. The summed E-state index contributed by atoms with van der Waals surface area (Å²) < 4.78 is 32.9. The number of hydrogen-bond donors (Lipinski definition) is 3. The van der Waals surface area contributed by atoms with Crippen molar-refractivity contribution < 1.29 is 27.5 Å². The third-order valence-electron chi connectivity index (χ3n) is 3.66. The molecule has 1 saturated heterocycles. The van der Waals surface area contributed by atoms with Gasteiger partial charge in [-0.05, 0) is 18.6 Å². The zero-order chi connectivity index (χ0) is 18.4. The van der Waals surface area contributed by atoms with Gasteiger partial charge in [-0.3, -0.25) is 4.79 Å². The first-order valence-corrected chi connectivity index (χ1v) is 9.42. The summed E-state index contributed by atoms with van der Waals surface area (Å²) in [6.45, 7) is -0.263. The molecule has 2 rings (SSSR count). The molecule has 1 aromatic carbocycles. The molecule has 1 aliphatic rings. The van der Waals surface area contributed by atoms with Gasteiger partial charge in [0.2, 0.25) is 5.91 Å². The number of methoxy groups -OCH3 is 2. The van der Waals surface area contributed by atoms with E-state index in [1.165, 1.54) is 14.2 Å².